The van der Waals surface area contributed by atoms with Crippen molar-refractivity contribution in [2.24, 2.45) is 0 Å². The van der Waals surface area contributed by atoms with Gasteiger partial charge in [0.1, 0.15) is 10.3 Å². The van der Waals surface area contributed by atoms with Crippen LogP contribution in [0, 0.1) is 11.3 Å². The van der Waals surface area contributed by atoms with E-state index in [1.165, 1.54) is 0 Å². The molecule has 18 heavy (non-hydrogen) atoms. The van der Waals surface area contributed by atoms with E-state index in [0.29, 0.717) is 19.7 Å². The monoisotopic (exact) mass is 268 g/mol. The van der Waals surface area contributed by atoms with Crippen molar-refractivity contribution in [1.82, 2.24) is 4.90 Å². The summed E-state index contributed by atoms with van der Waals surface area (Å²) in [6, 6.07) is 2.40. The number of likely N-dealkylation sites (tertiary alicyclic amines) is 1. The molecule has 0 bridgehead atoms. The Hall–Kier alpha value is -0.730. The Bertz CT molecular complexity index is 364. The van der Waals surface area contributed by atoms with Crippen LogP contribution < -0.4 is 0 Å². The van der Waals surface area contributed by atoms with Crippen LogP contribution in [-0.2, 0) is 9.53 Å². The molecule has 2 heterocycles. The highest BCUT2D eigenvalue weighted by Gasteiger charge is 2.43. The molecule has 1 amide bonds. The number of nitriles is 1. The van der Waals surface area contributed by atoms with E-state index in [1.54, 1.807) is 11.8 Å². The minimum absolute atomic E-state index is 0.104. The van der Waals surface area contributed by atoms with Gasteiger partial charge in [0.25, 0.3) is 5.91 Å². The van der Waals surface area contributed by atoms with Gasteiger partial charge in [-0.15, -0.1) is 11.8 Å². The van der Waals surface area contributed by atoms with Gasteiger partial charge in [-0.05, 0) is 38.9 Å². The molecule has 0 aromatic rings. The number of hydrogen-bond acceptors (Lipinski definition) is 4. The summed E-state index contributed by atoms with van der Waals surface area (Å²) in [6.45, 7) is 3.92. The maximum absolute atomic E-state index is 12.4. The molecule has 0 saturated carbocycles. The van der Waals surface area contributed by atoms with Gasteiger partial charge in [-0.1, -0.05) is 0 Å². The highest BCUT2D eigenvalue weighted by molar-refractivity contribution is 8.00. The first-order valence-corrected chi connectivity index (χ1v) is 7.67. The van der Waals surface area contributed by atoms with Crippen LogP contribution in [0.3, 0.4) is 0 Å². The topological polar surface area (TPSA) is 53.3 Å². The van der Waals surface area contributed by atoms with E-state index in [0.717, 1.165) is 25.7 Å². The molecule has 0 aromatic heterocycles. The summed E-state index contributed by atoms with van der Waals surface area (Å²) >= 11 is 1.61. The summed E-state index contributed by atoms with van der Waals surface area (Å²) in [4.78, 5) is 14.3. The molecule has 1 atom stereocenters. The number of hydrogen-bond donors (Lipinski definition) is 0. The Balaban J connectivity index is 1.98. The minimum Gasteiger partial charge on any atom is -0.365 e. The molecule has 2 aliphatic rings. The fourth-order valence-electron chi connectivity index (χ4n) is 2.71. The van der Waals surface area contributed by atoms with E-state index < -0.39 is 5.60 Å². The largest absolute Gasteiger partial charge is 0.365 e. The van der Waals surface area contributed by atoms with Gasteiger partial charge in [-0.2, -0.15) is 5.26 Å². The molecule has 0 spiro atoms. The first kappa shape index (κ1) is 13.7. The van der Waals surface area contributed by atoms with Gasteiger partial charge in [-0.25, -0.2) is 0 Å². The van der Waals surface area contributed by atoms with Gasteiger partial charge in [0.15, 0.2) is 0 Å². The van der Waals surface area contributed by atoms with Crippen molar-refractivity contribution in [2.45, 2.75) is 43.0 Å². The SMILES string of the molecule is CSC1(C#N)CCN(C(=O)C2(C)CCCO2)CC1. The summed E-state index contributed by atoms with van der Waals surface area (Å²) in [5.41, 5.74) is -0.619. The van der Waals surface area contributed by atoms with Crippen LogP contribution in [-0.4, -0.2) is 47.1 Å². The summed E-state index contributed by atoms with van der Waals surface area (Å²) in [7, 11) is 0. The smallest absolute Gasteiger partial charge is 0.254 e. The standard InChI is InChI=1S/C13H20N2O2S/c1-12(4-3-9-17-12)11(16)15-7-5-13(10-14,18-2)6-8-15/h3-9H2,1-2H3. The lowest BCUT2D eigenvalue weighted by Gasteiger charge is -2.39. The van der Waals surface area contributed by atoms with Crippen molar-refractivity contribution in [3.8, 4) is 6.07 Å². The fraction of sp³-hybridized carbons (Fsp3) is 0.846. The van der Waals surface area contributed by atoms with Crippen LogP contribution in [0.2, 0.25) is 0 Å². The summed E-state index contributed by atoms with van der Waals surface area (Å²) in [5.74, 6) is 0.104. The lowest BCUT2D eigenvalue weighted by atomic mass is 9.94. The third kappa shape index (κ3) is 2.36. The van der Waals surface area contributed by atoms with Crippen LogP contribution >= 0.6 is 11.8 Å². The highest BCUT2D eigenvalue weighted by Crippen LogP contribution is 2.35. The van der Waals surface area contributed by atoms with Crippen molar-refractivity contribution in [3.63, 3.8) is 0 Å². The van der Waals surface area contributed by atoms with Crippen molar-refractivity contribution >= 4 is 17.7 Å². The average molecular weight is 268 g/mol. The zero-order valence-corrected chi connectivity index (χ0v) is 11.9. The Kier molecular flexibility index (Phi) is 3.88. The van der Waals surface area contributed by atoms with Crippen molar-refractivity contribution in [1.29, 1.82) is 5.26 Å². The molecule has 0 aliphatic carbocycles. The van der Waals surface area contributed by atoms with Gasteiger partial charge >= 0.3 is 0 Å². The average Bonchev–Trinajstić information content (AvgIpc) is 2.86. The van der Waals surface area contributed by atoms with Crippen LogP contribution in [0.4, 0.5) is 0 Å². The lowest BCUT2D eigenvalue weighted by molar-refractivity contribution is -0.152. The van der Waals surface area contributed by atoms with Crippen LogP contribution in [0.25, 0.3) is 0 Å². The van der Waals surface area contributed by atoms with Crippen LogP contribution in [0.5, 0.6) is 0 Å². The molecular formula is C13H20N2O2S. The molecule has 0 radical (unpaired) electrons. The number of ether oxygens (including phenoxy) is 1. The van der Waals surface area contributed by atoms with Gasteiger partial charge in [0.05, 0.1) is 6.07 Å². The molecule has 1 unspecified atom stereocenters. The number of piperidine rings is 1. The van der Waals surface area contributed by atoms with Crippen LogP contribution in [0.1, 0.15) is 32.6 Å². The Morgan fingerprint density at radius 3 is 2.50 bits per heavy atom. The quantitative estimate of drug-likeness (QED) is 0.766. The van der Waals surface area contributed by atoms with Crippen molar-refractivity contribution in [2.75, 3.05) is 26.0 Å². The molecule has 2 fully saturated rings. The Labute approximate surface area is 113 Å². The molecule has 4 nitrogen and oxygen atoms in total. The predicted octanol–water partition coefficient (Wildman–Crippen LogP) is 1.80. The second-order valence-corrected chi connectivity index (χ2v) is 6.48. The normalized spacial score (nSPS) is 31.1. The molecule has 2 aliphatic heterocycles. The number of thioether (sulfide) groups is 1. The third-order valence-electron chi connectivity index (χ3n) is 4.12. The van der Waals surface area contributed by atoms with Crippen LogP contribution in [0.15, 0.2) is 0 Å². The number of amides is 1. The second-order valence-electron chi connectivity index (χ2n) is 5.29. The maximum Gasteiger partial charge on any atom is 0.254 e. The second kappa shape index (κ2) is 5.10. The van der Waals surface area contributed by atoms with Gasteiger partial charge < -0.3 is 9.64 Å². The minimum atomic E-state index is -0.619. The molecule has 2 saturated heterocycles. The fourth-order valence-corrected chi connectivity index (χ4v) is 3.40. The molecule has 0 aromatic carbocycles. The lowest BCUT2D eigenvalue weighted by Crippen LogP contribution is -2.52. The van der Waals surface area contributed by atoms with E-state index in [4.69, 9.17) is 4.74 Å². The van der Waals surface area contributed by atoms with Gasteiger partial charge in [-0.3, -0.25) is 4.79 Å². The summed E-state index contributed by atoms with van der Waals surface area (Å²) in [5, 5.41) is 9.23. The predicted molar refractivity (Wildman–Crippen MR) is 71.3 cm³/mol. The molecule has 100 valence electrons. The number of carbonyl (C=O) groups excluding carboxylic acids is 1. The maximum atomic E-state index is 12.4. The number of carbonyl (C=O) groups is 1. The molecule has 0 N–H and O–H groups in total. The highest BCUT2D eigenvalue weighted by atomic mass is 32.2. The first-order chi connectivity index (χ1) is 8.55. The third-order valence-corrected chi connectivity index (χ3v) is 5.41. The molecule has 2 rings (SSSR count). The van der Waals surface area contributed by atoms with Crippen molar-refractivity contribution in [3.05, 3.63) is 0 Å². The van der Waals surface area contributed by atoms with Gasteiger partial charge in [0, 0.05) is 19.7 Å². The molecular weight excluding hydrogens is 248 g/mol. The summed E-state index contributed by atoms with van der Waals surface area (Å²) < 4.78 is 5.30. The van der Waals surface area contributed by atoms with E-state index in [9.17, 15) is 10.1 Å². The zero-order valence-electron chi connectivity index (χ0n) is 11.1. The first-order valence-electron chi connectivity index (χ1n) is 6.45. The van der Waals surface area contributed by atoms with E-state index in [-0.39, 0.29) is 10.7 Å². The van der Waals surface area contributed by atoms with Crippen molar-refractivity contribution < 1.29 is 9.53 Å². The van der Waals surface area contributed by atoms with E-state index >= 15 is 0 Å². The Morgan fingerprint density at radius 2 is 2.06 bits per heavy atom. The zero-order chi connectivity index (χ0) is 13.2. The summed E-state index contributed by atoms with van der Waals surface area (Å²) in [6.07, 6.45) is 5.26. The Morgan fingerprint density at radius 1 is 1.39 bits per heavy atom. The molecule has 5 heteroatoms. The van der Waals surface area contributed by atoms with Gasteiger partial charge in [0.2, 0.25) is 0 Å². The van der Waals surface area contributed by atoms with E-state index in [1.807, 2.05) is 18.1 Å². The number of nitrogens with zero attached hydrogens (tertiary/aromatic N) is 2. The number of rotatable bonds is 2. The van der Waals surface area contributed by atoms with E-state index in [2.05, 4.69) is 6.07 Å².